The van der Waals surface area contributed by atoms with Gasteiger partial charge in [0, 0.05) is 29.3 Å². The summed E-state index contributed by atoms with van der Waals surface area (Å²) < 4.78 is 6.65. The van der Waals surface area contributed by atoms with Gasteiger partial charge in [-0.05, 0) is 50.6 Å². The van der Waals surface area contributed by atoms with Crippen molar-refractivity contribution in [2.24, 2.45) is 5.10 Å². The van der Waals surface area contributed by atoms with Crippen LogP contribution in [0.15, 0.2) is 44.3 Å². The molecular formula is C17H21BrN4O2. The first kappa shape index (κ1) is 18.1. The summed E-state index contributed by atoms with van der Waals surface area (Å²) in [4.78, 5) is 13.9. The summed E-state index contributed by atoms with van der Waals surface area (Å²) in [5.41, 5.74) is 4.15. The molecule has 0 saturated heterocycles. The van der Waals surface area contributed by atoms with Crippen molar-refractivity contribution >= 4 is 39.7 Å². The van der Waals surface area contributed by atoms with Gasteiger partial charge in [-0.2, -0.15) is 5.10 Å². The van der Waals surface area contributed by atoms with E-state index in [0.29, 0.717) is 11.4 Å². The topological polar surface area (TPSA) is 69.9 Å². The lowest BCUT2D eigenvalue weighted by Gasteiger charge is -2.16. The summed E-state index contributed by atoms with van der Waals surface area (Å²) in [6.07, 6.45) is 1.47. The van der Waals surface area contributed by atoms with Crippen LogP contribution in [0.4, 0.5) is 16.4 Å². The Hall–Kier alpha value is -2.28. The quantitative estimate of drug-likeness (QED) is 0.566. The molecule has 0 aliphatic heterocycles. The molecule has 1 heterocycles. The molecule has 0 aliphatic carbocycles. The van der Waals surface area contributed by atoms with Crippen LogP contribution in [0.2, 0.25) is 0 Å². The van der Waals surface area contributed by atoms with Crippen LogP contribution in [0.3, 0.4) is 0 Å². The minimum Gasteiger partial charge on any atom is -0.440 e. The summed E-state index contributed by atoms with van der Waals surface area (Å²) >= 11 is 3.42. The third kappa shape index (κ3) is 4.86. The maximum Gasteiger partial charge on any atom is 0.339 e. The Labute approximate surface area is 150 Å². The van der Waals surface area contributed by atoms with E-state index in [0.717, 1.165) is 29.0 Å². The van der Waals surface area contributed by atoms with Gasteiger partial charge in [0.2, 0.25) is 0 Å². The van der Waals surface area contributed by atoms with Crippen LogP contribution in [-0.4, -0.2) is 25.3 Å². The fourth-order valence-electron chi connectivity index (χ4n) is 2.15. The summed E-state index contributed by atoms with van der Waals surface area (Å²) in [6, 6.07) is 8.85. The second-order valence-corrected chi connectivity index (χ2v) is 5.99. The number of nitrogens with zero attached hydrogens (tertiary/aromatic N) is 2. The SMILES string of the molecule is CCN(CC)c1ccc(/C=N/NC(=O)Nc2ccc(Br)c(C)c2)o1. The number of hydrogen-bond acceptors (Lipinski definition) is 4. The van der Waals surface area contributed by atoms with Crippen molar-refractivity contribution in [1.82, 2.24) is 5.43 Å². The van der Waals surface area contributed by atoms with Gasteiger partial charge in [0.05, 0.1) is 6.21 Å². The molecule has 6 nitrogen and oxygen atoms in total. The third-order valence-electron chi connectivity index (χ3n) is 3.46. The molecule has 0 radical (unpaired) electrons. The van der Waals surface area contributed by atoms with Crippen LogP contribution in [0, 0.1) is 6.92 Å². The van der Waals surface area contributed by atoms with Crippen LogP contribution in [0.25, 0.3) is 0 Å². The van der Waals surface area contributed by atoms with Gasteiger partial charge in [-0.25, -0.2) is 10.2 Å². The molecule has 0 atom stereocenters. The second-order valence-electron chi connectivity index (χ2n) is 5.14. The molecule has 128 valence electrons. The van der Waals surface area contributed by atoms with Gasteiger partial charge >= 0.3 is 6.03 Å². The third-order valence-corrected chi connectivity index (χ3v) is 4.35. The highest BCUT2D eigenvalue weighted by atomic mass is 79.9. The van der Waals surface area contributed by atoms with E-state index in [1.54, 1.807) is 0 Å². The molecule has 0 bridgehead atoms. The number of carbonyl (C=O) groups excluding carboxylic acids is 1. The zero-order chi connectivity index (χ0) is 17.5. The maximum absolute atomic E-state index is 11.8. The first-order valence-electron chi connectivity index (χ1n) is 7.74. The normalized spacial score (nSPS) is 10.8. The van der Waals surface area contributed by atoms with Crippen LogP contribution in [0.5, 0.6) is 0 Å². The van der Waals surface area contributed by atoms with Gasteiger partial charge < -0.3 is 14.6 Å². The van der Waals surface area contributed by atoms with Gasteiger partial charge in [-0.3, -0.25) is 0 Å². The lowest BCUT2D eigenvalue weighted by atomic mass is 10.2. The van der Waals surface area contributed by atoms with Crippen LogP contribution in [-0.2, 0) is 0 Å². The molecule has 2 N–H and O–H groups in total. The molecule has 2 rings (SSSR count). The highest BCUT2D eigenvalue weighted by Gasteiger charge is 2.06. The summed E-state index contributed by atoms with van der Waals surface area (Å²) in [7, 11) is 0. The molecule has 0 unspecified atom stereocenters. The van der Waals surface area contributed by atoms with Gasteiger partial charge in [-0.15, -0.1) is 0 Å². The Morgan fingerprint density at radius 1 is 1.29 bits per heavy atom. The Balaban J connectivity index is 1.89. The Kier molecular flexibility index (Phi) is 6.43. The van der Waals surface area contributed by atoms with Crippen molar-refractivity contribution in [2.75, 3.05) is 23.3 Å². The highest BCUT2D eigenvalue weighted by molar-refractivity contribution is 9.10. The number of rotatable bonds is 6. The predicted molar refractivity (Wildman–Crippen MR) is 101 cm³/mol. The van der Waals surface area contributed by atoms with Gasteiger partial charge in [0.15, 0.2) is 5.88 Å². The Morgan fingerprint density at radius 2 is 2.04 bits per heavy atom. The van der Waals surface area contributed by atoms with Crippen molar-refractivity contribution < 1.29 is 9.21 Å². The molecule has 0 aliphatic rings. The smallest absolute Gasteiger partial charge is 0.339 e. The van der Waals surface area contributed by atoms with E-state index in [4.69, 9.17) is 4.42 Å². The molecule has 0 spiro atoms. The van der Waals surface area contributed by atoms with Crippen molar-refractivity contribution in [3.8, 4) is 0 Å². The van der Waals surface area contributed by atoms with E-state index in [-0.39, 0.29) is 0 Å². The second kappa shape index (κ2) is 8.54. The molecule has 1 aromatic heterocycles. The van der Waals surface area contributed by atoms with Crippen molar-refractivity contribution in [3.05, 3.63) is 46.1 Å². The number of nitrogens with one attached hydrogen (secondary N) is 2. The van der Waals surface area contributed by atoms with E-state index in [9.17, 15) is 4.79 Å². The molecule has 0 fully saturated rings. The molecule has 2 aromatic rings. The standard InChI is InChI=1S/C17H21BrN4O2/c1-4-22(5-2)16-9-7-14(24-16)11-19-21-17(23)20-13-6-8-15(18)12(3)10-13/h6-11H,4-5H2,1-3H3,(H2,20,21,23)/b19-11+. The lowest BCUT2D eigenvalue weighted by Crippen LogP contribution is -2.24. The van der Waals surface area contributed by atoms with E-state index in [1.165, 1.54) is 6.21 Å². The molecule has 0 saturated carbocycles. The number of benzene rings is 1. The van der Waals surface area contributed by atoms with Crippen LogP contribution >= 0.6 is 15.9 Å². The number of urea groups is 1. The average Bonchev–Trinajstić information content (AvgIpc) is 3.01. The molecule has 2 amide bonds. The Morgan fingerprint density at radius 3 is 2.71 bits per heavy atom. The Bertz CT molecular complexity index is 723. The number of anilines is 2. The number of halogens is 1. The molecular weight excluding hydrogens is 372 g/mol. The first-order valence-corrected chi connectivity index (χ1v) is 8.53. The van der Waals surface area contributed by atoms with Crippen LogP contribution < -0.4 is 15.6 Å². The first-order chi connectivity index (χ1) is 11.5. The van der Waals surface area contributed by atoms with E-state index >= 15 is 0 Å². The van der Waals surface area contributed by atoms with Crippen molar-refractivity contribution in [2.45, 2.75) is 20.8 Å². The summed E-state index contributed by atoms with van der Waals surface area (Å²) in [5, 5.41) is 6.61. The monoisotopic (exact) mass is 392 g/mol. The average molecular weight is 393 g/mol. The number of carbonyl (C=O) groups is 1. The highest BCUT2D eigenvalue weighted by Crippen LogP contribution is 2.20. The number of hydrazone groups is 1. The van der Waals surface area contributed by atoms with Crippen molar-refractivity contribution in [3.63, 3.8) is 0 Å². The minimum absolute atomic E-state index is 0.413. The zero-order valence-corrected chi connectivity index (χ0v) is 15.6. The maximum atomic E-state index is 11.8. The van der Waals surface area contributed by atoms with Gasteiger partial charge in [-0.1, -0.05) is 15.9 Å². The summed E-state index contributed by atoms with van der Waals surface area (Å²) in [5.74, 6) is 1.37. The van der Waals surface area contributed by atoms with Gasteiger partial charge in [0.25, 0.3) is 0 Å². The lowest BCUT2D eigenvalue weighted by molar-refractivity contribution is 0.252. The van der Waals surface area contributed by atoms with Gasteiger partial charge in [0.1, 0.15) is 5.76 Å². The van der Waals surface area contributed by atoms with E-state index < -0.39 is 6.03 Å². The van der Waals surface area contributed by atoms with E-state index in [1.807, 2.05) is 37.3 Å². The zero-order valence-electron chi connectivity index (χ0n) is 14.0. The van der Waals surface area contributed by atoms with E-state index in [2.05, 4.69) is 50.5 Å². The molecule has 7 heteroatoms. The molecule has 1 aromatic carbocycles. The largest absolute Gasteiger partial charge is 0.440 e. The van der Waals surface area contributed by atoms with Crippen molar-refractivity contribution in [1.29, 1.82) is 0 Å². The number of hydrogen-bond donors (Lipinski definition) is 2. The minimum atomic E-state index is -0.413. The number of amides is 2. The fraction of sp³-hybridized carbons (Fsp3) is 0.294. The predicted octanol–water partition coefficient (Wildman–Crippen LogP) is 4.35. The van der Waals surface area contributed by atoms with Crippen LogP contribution in [0.1, 0.15) is 25.2 Å². The number of furan rings is 1. The number of aryl methyl sites for hydroxylation is 1. The fourth-order valence-corrected chi connectivity index (χ4v) is 2.40. The summed E-state index contributed by atoms with van der Waals surface area (Å²) in [6.45, 7) is 7.82. The molecule has 24 heavy (non-hydrogen) atoms.